The predicted octanol–water partition coefficient (Wildman–Crippen LogP) is 0.469. The van der Waals surface area contributed by atoms with Gasteiger partial charge >= 0.3 is 0 Å². The second-order valence-electron chi connectivity index (χ2n) is 2.25. The number of nitrogens with one attached hydrogen (secondary N) is 2. The minimum atomic E-state index is 1.08. The van der Waals surface area contributed by atoms with Gasteiger partial charge in [-0.3, -0.25) is 5.32 Å². The SMILES string of the molecule is c1c[nH+]c2c(c1)CCN2. The molecule has 2 heterocycles. The number of hydrogen-bond acceptors (Lipinski definition) is 1. The van der Waals surface area contributed by atoms with Crippen molar-refractivity contribution >= 4 is 5.82 Å². The Hall–Kier alpha value is -1.05. The molecule has 2 nitrogen and oxygen atoms in total. The minimum Gasteiger partial charge on any atom is -0.274 e. The molecule has 1 aromatic rings. The highest BCUT2D eigenvalue weighted by Crippen LogP contribution is 2.13. The predicted molar refractivity (Wildman–Crippen MR) is 35.2 cm³/mol. The number of H-pyrrole nitrogens is 1. The van der Waals surface area contributed by atoms with Crippen molar-refractivity contribution in [1.82, 2.24) is 0 Å². The monoisotopic (exact) mass is 121 g/mol. The van der Waals surface area contributed by atoms with Crippen LogP contribution in [0.4, 0.5) is 5.82 Å². The average Bonchev–Trinajstić information content (AvgIpc) is 2.33. The minimum absolute atomic E-state index is 1.08. The normalized spacial score (nSPS) is 14.7. The molecule has 0 spiro atoms. The van der Waals surface area contributed by atoms with E-state index in [1.807, 2.05) is 12.3 Å². The fourth-order valence-electron chi connectivity index (χ4n) is 1.17. The van der Waals surface area contributed by atoms with Crippen molar-refractivity contribution in [3.63, 3.8) is 0 Å². The van der Waals surface area contributed by atoms with Crippen LogP contribution in [0.15, 0.2) is 18.3 Å². The molecule has 0 radical (unpaired) electrons. The second-order valence-corrected chi connectivity index (χ2v) is 2.25. The van der Waals surface area contributed by atoms with Gasteiger partial charge in [0.1, 0.15) is 0 Å². The number of rotatable bonds is 0. The molecule has 46 valence electrons. The van der Waals surface area contributed by atoms with Gasteiger partial charge in [0.25, 0.3) is 5.82 Å². The van der Waals surface area contributed by atoms with Crippen LogP contribution in [0.25, 0.3) is 0 Å². The standard InChI is InChI=1S/C7H8N2/c1-2-6-3-5-9-7(6)8-4-1/h1-2,4H,3,5H2,(H,8,9)/p+1. The first-order valence-electron chi connectivity index (χ1n) is 3.20. The number of fused-ring (bicyclic) bond motifs is 1. The highest BCUT2D eigenvalue weighted by atomic mass is 15.0. The van der Waals surface area contributed by atoms with Crippen molar-refractivity contribution < 1.29 is 4.98 Å². The van der Waals surface area contributed by atoms with Crippen molar-refractivity contribution in [1.29, 1.82) is 0 Å². The van der Waals surface area contributed by atoms with Gasteiger partial charge in [0, 0.05) is 12.0 Å². The van der Waals surface area contributed by atoms with E-state index in [-0.39, 0.29) is 0 Å². The van der Waals surface area contributed by atoms with Crippen LogP contribution in [0.2, 0.25) is 0 Å². The Bertz CT molecular complexity index is 197. The lowest BCUT2D eigenvalue weighted by Gasteiger charge is -1.86. The number of pyridine rings is 1. The molecule has 0 saturated carbocycles. The third-order valence-corrected chi connectivity index (χ3v) is 1.64. The maximum absolute atomic E-state index is 3.24. The summed E-state index contributed by atoms with van der Waals surface area (Å²) in [6, 6.07) is 4.18. The molecule has 0 saturated heterocycles. The molecule has 0 aromatic carbocycles. The summed E-state index contributed by atoms with van der Waals surface area (Å²) < 4.78 is 0. The van der Waals surface area contributed by atoms with Crippen LogP contribution in [0.1, 0.15) is 5.56 Å². The maximum atomic E-state index is 3.24. The Labute approximate surface area is 53.9 Å². The summed E-state index contributed by atoms with van der Waals surface area (Å²) in [4.78, 5) is 3.14. The summed E-state index contributed by atoms with van der Waals surface area (Å²) in [6.45, 7) is 1.08. The van der Waals surface area contributed by atoms with E-state index >= 15 is 0 Å². The van der Waals surface area contributed by atoms with Crippen LogP contribution in [0.5, 0.6) is 0 Å². The Morgan fingerprint density at radius 3 is 3.44 bits per heavy atom. The summed E-state index contributed by atoms with van der Waals surface area (Å²) in [5, 5.41) is 3.24. The third kappa shape index (κ3) is 0.669. The summed E-state index contributed by atoms with van der Waals surface area (Å²) >= 11 is 0. The van der Waals surface area contributed by atoms with E-state index in [1.54, 1.807) is 0 Å². The largest absolute Gasteiger partial charge is 0.275 e. The van der Waals surface area contributed by atoms with Gasteiger partial charge in [-0.1, -0.05) is 0 Å². The average molecular weight is 121 g/mol. The van der Waals surface area contributed by atoms with Crippen molar-refractivity contribution in [3.8, 4) is 0 Å². The van der Waals surface area contributed by atoms with E-state index in [2.05, 4.69) is 16.4 Å². The van der Waals surface area contributed by atoms with Gasteiger partial charge in [0.2, 0.25) is 0 Å². The van der Waals surface area contributed by atoms with E-state index in [9.17, 15) is 0 Å². The first-order chi connectivity index (χ1) is 4.47. The zero-order valence-corrected chi connectivity index (χ0v) is 5.15. The van der Waals surface area contributed by atoms with Crippen LogP contribution in [0, 0.1) is 0 Å². The highest BCUT2D eigenvalue weighted by molar-refractivity contribution is 5.43. The molecule has 1 aliphatic rings. The van der Waals surface area contributed by atoms with Gasteiger partial charge in [-0.2, -0.15) is 0 Å². The molecule has 2 rings (SSSR count). The molecule has 0 atom stereocenters. The zero-order chi connectivity index (χ0) is 6.10. The number of hydrogen-bond donors (Lipinski definition) is 1. The molecule has 1 aliphatic heterocycles. The first kappa shape index (κ1) is 4.79. The molecule has 0 fully saturated rings. The lowest BCUT2D eigenvalue weighted by Crippen LogP contribution is -2.07. The van der Waals surface area contributed by atoms with E-state index in [0.717, 1.165) is 13.0 Å². The topological polar surface area (TPSA) is 26.2 Å². The van der Waals surface area contributed by atoms with Gasteiger partial charge in [-0.25, -0.2) is 4.98 Å². The molecule has 1 aromatic heterocycles. The fraction of sp³-hybridized carbons (Fsp3) is 0.286. The van der Waals surface area contributed by atoms with Crippen molar-refractivity contribution in [2.24, 2.45) is 0 Å². The van der Waals surface area contributed by atoms with Crippen molar-refractivity contribution in [3.05, 3.63) is 23.9 Å². The molecular weight excluding hydrogens is 112 g/mol. The van der Waals surface area contributed by atoms with Crippen molar-refractivity contribution in [2.75, 3.05) is 11.9 Å². The Morgan fingerprint density at radius 2 is 2.56 bits per heavy atom. The quantitative estimate of drug-likeness (QED) is 0.530. The Balaban J connectivity index is 2.54. The summed E-state index contributed by atoms with van der Waals surface area (Å²) in [5.74, 6) is 1.19. The zero-order valence-electron chi connectivity index (χ0n) is 5.15. The molecular formula is C7H9N2+. The van der Waals surface area contributed by atoms with E-state index < -0.39 is 0 Å². The van der Waals surface area contributed by atoms with E-state index in [1.165, 1.54) is 11.4 Å². The first-order valence-corrected chi connectivity index (χ1v) is 3.20. The molecule has 0 amide bonds. The van der Waals surface area contributed by atoms with E-state index in [0.29, 0.717) is 0 Å². The molecule has 0 bridgehead atoms. The number of aromatic amines is 1. The summed E-state index contributed by atoms with van der Waals surface area (Å²) in [7, 11) is 0. The van der Waals surface area contributed by atoms with Gasteiger partial charge in [-0.05, 0) is 12.1 Å². The van der Waals surface area contributed by atoms with Crippen LogP contribution < -0.4 is 10.3 Å². The maximum Gasteiger partial charge on any atom is 0.275 e. The Morgan fingerprint density at radius 1 is 1.56 bits per heavy atom. The van der Waals surface area contributed by atoms with Crippen LogP contribution in [-0.4, -0.2) is 6.54 Å². The third-order valence-electron chi connectivity index (χ3n) is 1.64. The van der Waals surface area contributed by atoms with E-state index in [4.69, 9.17) is 0 Å². The molecule has 0 unspecified atom stereocenters. The smallest absolute Gasteiger partial charge is 0.274 e. The lowest BCUT2D eigenvalue weighted by atomic mass is 10.2. The Kier molecular flexibility index (Phi) is 0.918. The highest BCUT2D eigenvalue weighted by Gasteiger charge is 2.14. The molecule has 0 aliphatic carbocycles. The summed E-state index contributed by atoms with van der Waals surface area (Å²) in [6.07, 6.45) is 3.10. The lowest BCUT2D eigenvalue weighted by molar-refractivity contribution is -0.360. The molecule has 2 N–H and O–H groups in total. The fourth-order valence-corrected chi connectivity index (χ4v) is 1.17. The van der Waals surface area contributed by atoms with Crippen LogP contribution in [0.3, 0.4) is 0 Å². The van der Waals surface area contributed by atoms with Gasteiger partial charge < -0.3 is 0 Å². The second kappa shape index (κ2) is 1.72. The van der Waals surface area contributed by atoms with Gasteiger partial charge in [0.05, 0.1) is 12.7 Å². The van der Waals surface area contributed by atoms with Crippen molar-refractivity contribution in [2.45, 2.75) is 6.42 Å². The number of anilines is 1. The molecule has 9 heavy (non-hydrogen) atoms. The summed E-state index contributed by atoms with van der Waals surface area (Å²) in [5.41, 5.74) is 1.40. The van der Waals surface area contributed by atoms with Gasteiger partial charge in [0.15, 0.2) is 0 Å². The van der Waals surface area contributed by atoms with Gasteiger partial charge in [-0.15, -0.1) is 0 Å². The van der Waals surface area contributed by atoms with Crippen LogP contribution in [-0.2, 0) is 6.42 Å². The number of aromatic nitrogens is 1. The van der Waals surface area contributed by atoms with Crippen LogP contribution >= 0.6 is 0 Å². The molecule has 2 heteroatoms.